The van der Waals surface area contributed by atoms with Crippen molar-refractivity contribution in [2.45, 2.75) is 12.8 Å². The molecular formula is C24H24N4O5. The van der Waals surface area contributed by atoms with Crippen molar-refractivity contribution >= 4 is 40.9 Å². The van der Waals surface area contributed by atoms with Gasteiger partial charge in [-0.3, -0.25) is 24.7 Å². The maximum absolute atomic E-state index is 13.0. The van der Waals surface area contributed by atoms with Gasteiger partial charge in [0.2, 0.25) is 11.8 Å². The van der Waals surface area contributed by atoms with Crippen molar-refractivity contribution in [3.8, 4) is 0 Å². The first-order valence-electron chi connectivity index (χ1n) is 10.5. The molecule has 2 aliphatic rings. The van der Waals surface area contributed by atoms with Crippen molar-refractivity contribution < 1.29 is 23.9 Å². The molecule has 2 aromatic carbocycles. The number of fused-ring (bicyclic) bond motifs is 1. The van der Waals surface area contributed by atoms with E-state index in [9.17, 15) is 19.2 Å². The summed E-state index contributed by atoms with van der Waals surface area (Å²) in [6.07, 6.45) is 4.42. The summed E-state index contributed by atoms with van der Waals surface area (Å²) in [5.41, 5.74) is 4.56. The fraction of sp³-hybridized carbons (Fsp3) is 0.250. The number of benzene rings is 2. The number of hydrogen-bond acceptors (Lipinski definition) is 5. The molecule has 1 saturated heterocycles. The summed E-state index contributed by atoms with van der Waals surface area (Å²) < 4.78 is 4.68. The van der Waals surface area contributed by atoms with Gasteiger partial charge in [-0.1, -0.05) is 18.2 Å². The molecular weight excluding hydrogens is 424 g/mol. The Morgan fingerprint density at radius 3 is 2.45 bits per heavy atom. The molecule has 170 valence electrons. The third-order valence-corrected chi connectivity index (χ3v) is 5.86. The van der Waals surface area contributed by atoms with Crippen LogP contribution >= 0.6 is 0 Å². The smallest absolute Gasteiger partial charge is 0.413 e. The minimum Gasteiger partial charge on any atom is -0.452 e. The number of allylic oxidation sites excluding steroid dienone is 2. The molecule has 2 aromatic rings. The molecule has 0 spiro atoms. The molecule has 1 fully saturated rings. The second kappa shape index (κ2) is 9.15. The number of carbonyl (C=O) groups excluding carboxylic acids is 4. The molecule has 0 bridgehead atoms. The summed E-state index contributed by atoms with van der Waals surface area (Å²) in [5, 5.41) is 4.02. The van der Waals surface area contributed by atoms with Gasteiger partial charge in [0, 0.05) is 24.0 Å². The van der Waals surface area contributed by atoms with Gasteiger partial charge in [-0.2, -0.15) is 0 Å². The highest BCUT2D eigenvalue weighted by Crippen LogP contribution is 2.32. The van der Waals surface area contributed by atoms with Gasteiger partial charge in [-0.05, 0) is 55.3 Å². The Balaban J connectivity index is 1.48. The van der Waals surface area contributed by atoms with Crippen molar-refractivity contribution in [2.75, 3.05) is 29.4 Å². The highest BCUT2D eigenvalue weighted by Gasteiger charge is 2.42. The molecule has 1 aliphatic heterocycles. The summed E-state index contributed by atoms with van der Waals surface area (Å²) in [6.45, 7) is 0. The van der Waals surface area contributed by atoms with Crippen LogP contribution in [0.15, 0.2) is 60.7 Å². The van der Waals surface area contributed by atoms with Gasteiger partial charge in [-0.15, -0.1) is 0 Å². The lowest BCUT2D eigenvalue weighted by atomic mass is 9.80. The molecule has 0 aromatic heterocycles. The van der Waals surface area contributed by atoms with Gasteiger partial charge in [0.1, 0.15) is 0 Å². The molecule has 1 heterocycles. The number of methoxy groups -OCH3 is 1. The predicted octanol–water partition coefficient (Wildman–Crippen LogP) is 3.10. The van der Waals surface area contributed by atoms with E-state index in [0.717, 1.165) is 0 Å². The van der Waals surface area contributed by atoms with Gasteiger partial charge >= 0.3 is 6.09 Å². The normalized spacial score (nSPS) is 19.4. The number of anilines is 3. The molecule has 9 heteroatoms. The van der Waals surface area contributed by atoms with E-state index >= 15 is 0 Å². The van der Waals surface area contributed by atoms with Crippen LogP contribution in [0.1, 0.15) is 23.2 Å². The van der Waals surface area contributed by atoms with E-state index in [1.54, 1.807) is 55.6 Å². The molecule has 9 nitrogen and oxygen atoms in total. The van der Waals surface area contributed by atoms with Crippen molar-refractivity contribution in [1.82, 2.24) is 5.43 Å². The van der Waals surface area contributed by atoms with E-state index in [-0.39, 0.29) is 23.6 Å². The van der Waals surface area contributed by atoms with Crippen LogP contribution < -0.4 is 20.7 Å². The zero-order valence-electron chi connectivity index (χ0n) is 18.3. The molecule has 1 aliphatic carbocycles. The Labute approximate surface area is 191 Å². The number of nitrogens with one attached hydrogen (secondary N) is 2. The molecule has 2 N–H and O–H groups in total. The molecule has 4 rings (SSSR count). The van der Waals surface area contributed by atoms with Crippen LogP contribution in [0.3, 0.4) is 0 Å². The first-order chi connectivity index (χ1) is 15.9. The third-order valence-electron chi connectivity index (χ3n) is 5.86. The second-order valence-electron chi connectivity index (χ2n) is 7.89. The standard InChI is InChI=1S/C24H24N4O5/c1-27(24(32)33-2)17-12-10-16(11-13-17)25-21(29)15-6-5-7-18(14-15)28-23(31)20-9-4-3-8-19(20)22(30)26-28/h3-7,10-14,19-20H,8-9H2,1-2H3,(H,25,29)(H,26,30). The predicted molar refractivity (Wildman–Crippen MR) is 123 cm³/mol. The van der Waals surface area contributed by atoms with Gasteiger partial charge in [0.05, 0.1) is 24.6 Å². The maximum Gasteiger partial charge on any atom is 0.413 e. The lowest BCUT2D eigenvalue weighted by Gasteiger charge is -2.38. The summed E-state index contributed by atoms with van der Waals surface area (Å²) in [7, 11) is 2.88. The maximum atomic E-state index is 13.0. The average Bonchev–Trinajstić information content (AvgIpc) is 2.85. The molecule has 0 saturated carbocycles. The number of hydrazine groups is 1. The number of rotatable bonds is 4. The molecule has 0 radical (unpaired) electrons. The largest absolute Gasteiger partial charge is 0.452 e. The van der Waals surface area contributed by atoms with E-state index in [0.29, 0.717) is 35.5 Å². The highest BCUT2D eigenvalue weighted by atomic mass is 16.5. The zero-order chi connectivity index (χ0) is 23.5. The number of ether oxygens (including phenoxy) is 1. The fourth-order valence-electron chi connectivity index (χ4n) is 3.98. The summed E-state index contributed by atoms with van der Waals surface area (Å²) >= 11 is 0. The SMILES string of the molecule is COC(=O)N(C)c1ccc(NC(=O)c2cccc(N3NC(=O)C4CC=CCC4C3=O)c2)cc1. The van der Waals surface area contributed by atoms with Crippen LogP contribution in [-0.4, -0.2) is 38.0 Å². The quantitative estimate of drug-likeness (QED) is 0.699. The van der Waals surface area contributed by atoms with Gasteiger partial charge in [0.25, 0.3) is 5.91 Å². The Morgan fingerprint density at radius 2 is 1.76 bits per heavy atom. The number of nitrogens with zero attached hydrogens (tertiary/aromatic N) is 2. The van der Waals surface area contributed by atoms with Crippen molar-refractivity contribution in [3.63, 3.8) is 0 Å². The van der Waals surface area contributed by atoms with E-state index in [1.807, 2.05) is 12.2 Å². The Bertz CT molecular complexity index is 1130. The van der Waals surface area contributed by atoms with Crippen molar-refractivity contribution in [1.29, 1.82) is 0 Å². The summed E-state index contributed by atoms with van der Waals surface area (Å²) in [5.74, 6) is -1.52. The van der Waals surface area contributed by atoms with Crippen molar-refractivity contribution in [3.05, 3.63) is 66.2 Å². The highest BCUT2D eigenvalue weighted by molar-refractivity contribution is 6.07. The number of amides is 4. The van der Waals surface area contributed by atoms with E-state index in [1.165, 1.54) is 17.0 Å². The Kier molecular flexibility index (Phi) is 6.12. The summed E-state index contributed by atoms with van der Waals surface area (Å²) in [4.78, 5) is 51.2. The van der Waals surface area contributed by atoms with Crippen molar-refractivity contribution in [2.24, 2.45) is 11.8 Å². The molecule has 2 unspecified atom stereocenters. The lowest BCUT2D eigenvalue weighted by molar-refractivity contribution is -0.139. The number of carbonyl (C=O) groups is 4. The van der Waals surface area contributed by atoms with E-state index < -0.39 is 12.0 Å². The average molecular weight is 448 g/mol. The molecule has 33 heavy (non-hydrogen) atoms. The van der Waals surface area contributed by atoms with Crippen LogP contribution in [-0.2, 0) is 14.3 Å². The van der Waals surface area contributed by atoms with Gasteiger partial charge < -0.3 is 10.1 Å². The Hall–Kier alpha value is -4.14. The van der Waals surface area contributed by atoms with Gasteiger partial charge in [0.15, 0.2) is 0 Å². The van der Waals surface area contributed by atoms with Crippen LogP contribution in [0, 0.1) is 11.8 Å². The van der Waals surface area contributed by atoms with Crippen LogP contribution in [0.25, 0.3) is 0 Å². The molecule has 2 atom stereocenters. The van der Waals surface area contributed by atoms with Crippen LogP contribution in [0.2, 0.25) is 0 Å². The first-order valence-corrected chi connectivity index (χ1v) is 10.5. The summed E-state index contributed by atoms with van der Waals surface area (Å²) in [6, 6.07) is 13.2. The molecule has 4 amide bonds. The fourth-order valence-corrected chi connectivity index (χ4v) is 3.98. The number of hydrogen-bond donors (Lipinski definition) is 2. The monoisotopic (exact) mass is 448 g/mol. The van der Waals surface area contributed by atoms with Crippen LogP contribution in [0.5, 0.6) is 0 Å². The Morgan fingerprint density at radius 1 is 1.06 bits per heavy atom. The van der Waals surface area contributed by atoms with Crippen LogP contribution in [0.4, 0.5) is 21.9 Å². The van der Waals surface area contributed by atoms with E-state index in [2.05, 4.69) is 15.5 Å². The lowest BCUT2D eigenvalue weighted by Crippen LogP contribution is -2.59. The van der Waals surface area contributed by atoms with E-state index in [4.69, 9.17) is 0 Å². The second-order valence-corrected chi connectivity index (χ2v) is 7.89. The minimum absolute atomic E-state index is 0.188. The zero-order valence-corrected chi connectivity index (χ0v) is 18.3. The third kappa shape index (κ3) is 4.43. The first kappa shape index (κ1) is 22.1. The topological polar surface area (TPSA) is 108 Å². The minimum atomic E-state index is -0.501. The van der Waals surface area contributed by atoms with Gasteiger partial charge in [-0.25, -0.2) is 9.80 Å².